The molecule has 0 aliphatic carbocycles. The molecule has 0 unspecified atom stereocenters. The number of carbonyl (C=O) groups is 1. The molecule has 0 radical (unpaired) electrons. The maximum absolute atomic E-state index is 13.4. The molecule has 1 saturated heterocycles. The fourth-order valence-electron chi connectivity index (χ4n) is 1.21. The van der Waals surface area contributed by atoms with E-state index >= 15 is 0 Å². The summed E-state index contributed by atoms with van der Waals surface area (Å²) in [6, 6.07) is 0. The molecular weight excluding hydrogens is 145 g/mol. The first kappa shape index (κ1) is 8.24. The third-order valence-corrected chi connectivity index (χ3v) is 2.14. The van der Waals surface area contributed by atoms with E-state index in [1.165, 1.54) is 6.08 Å². The monoisotopic (exact) mass is 157 g/mol. The van der Waals surface area contributed by atoms with E-state index in [4.69, 9.17) is 0 Å². The molecule has 1 aliphatic rings. The fraction of sp³-hybridized carbons (Fsp3) is 0.625. The van der Waals surface area contributed by atoms with E-state index in [1.54, 1.807) is 4.90 Å². The average Bonchev–Trinajstić information content (AvgIpc) is 2.06. The van der Waals surface area contributed by atoms with Crippen LogP contribution >= 0.6 is 0 Å². The SMILES string of the molecule is C=CC1(F)CCN(C=O)CC1. The van der Waals surface area contributed by atoms with Crippen LogP contribution in [0.15, 0.2) is 12.7 Å². The maximum Gasteiger partial charge on any atom is 0.209 e. The van der Waals surface area contributed by atoms with Gasteiger partial charge in [-0.3, -0.25) is 4.79 Å². The average molecular weight is 157 g/mol. The molecule has 1 aliphatic heterocycles. The highest BCUT2D eigenvalue weighted by Gasteiger charge is 2.30. The molecule has 0 bridgehead atoms. The van der Waals surface area contributed by atoms with Gasteiger partial charge in [-0.2, -0.15) is 0 Å². The summed E-state index contributed by atoms with van der Waals surface area (Å²) in [5, 5.41) is 0. The van der Waals surface area contributed by atoms with Crippen LogP contribution in [0.2, 0.25) is 0 Å². The minimum absolute atomic E-state index is 0.384. The Morgan fingerprint density at radius 2 is 2.00 bits per heavy atom. The van der Waals surface area contributed by atoms with E-state index in [0.717, 1.165) is 6.41 Å². The minimum Gasteiger partial charge on any atom is -0.345 e. The molecule has 2 nitrogen and oxygen atoms in total. The van der Waals surface area contributed by atoms with Gasteiger partial charge >= 0.3 is 0 Å². The lowest BCUT2D eigenvalue weighted by Gasteiger charge is -2.32. The van der Waals surface area contributed by atoms with Crippen LogP contribution in [0.5, 0.6) is 0 Å². The predicted molar refractivity (Wildman–Crippen MR) is 40.9 cm³/mol. The quantitative estimate of drug-likeness (QED) is 0.434. The zero-order valence-corrected chi connectivity index (χ0v) is 6.42. The predicted octanol–water partition coefficient (Wildman–Crippen LogP) is 1.13. The van der Waals surface area contributed by atoms with Crippen LogP contribution in [0.25, 0.3) is 0 Å². The van der Waals surface area contributed by atoms with E-state index in [0.29, 0.717) is 25.9 Å². The fourth-order valence-corrected chi connectivity index (χ4v) is 1.21. The van der Waals surface area contributed by atoms with Crippen LogP contribution < -0.4 is 0 Å². The lowest BCUT2D eigenvalue weighted by molar-refractivity contribution is -0.120. The number of rotatable bonds is 2. The Hall–Kier alpha value is -0.860. The van der Waals surface area contributed by atoms with Gasteiger partial charge < -0.3 is 4.90 Å². The zero-order chi connectivity index (χ0) is 8.32. The highest BCUT2D eigenvalue weighted by atomic mass is 19.1. The van der Waals surface area contributed by atoms with E-state index in [1.807, 2.05) is 0 Å². The van der Waals surface area contributed by atoms with Gasteiger partial charge in [-0.05, 0) is 0 Å². The molecule has 0 N–H and O–H groups in total. The summed E-state index contributed by atoms with van der Waals surface area (Å²) in [7, 11) is 0. The van der Waals surface area contributed by atoms with Crippen LogP contribution in [0.3, 0.4) is 0 Å². The molecular formula is C8H12FNO. The van der Waals surface area contributed by atoms with Crippen molar-refractivity contribution in [1.82, 2.24) is 4.90 Å². The lowest BCUT2D eigenvalue weighted by Crippen LogP contribution is -2.39. The number of carbonyl (C=O) groups excluding carboxylic acids is 1. The number of halogens is 1. The zero-order valence-electron chi connectivity index (χ0n) is 6.42. The van der Waals surface area contributed by atoms with E-state index in [-0.39, 0.29) is 0 Å². The Kier molecular flexibility index (Phi) is 2.27. The van der Waals surface area contributed by atoms with Gasteiger partial charge in [0.25, 0.3) is 0 Å². The first-order chi connectivity index (χ1) is 5.20. The normalized spacial score (nSPS) is 22.8. The number of alkyl halides is 1. The van der Waals surface area contributed by atoms with Crippen LogP contribution in [0, 0.1) is 0 Å². The van der Waals surface area contributed by atoms with Crippen LogP contribution in [-0.2, 0) is 4.79 Å². The molecule has 0 aromatic heterocycles. The molecule has 1 fully saturated rings. The molecule has 1 amide bonds. The topological polar surface area (TPSA) is 20.3 Å². The molecule has 62 valence electrons. The molecule has 0 spiro atoms. The third-order valence-electron chi connectivity index (χ3n) is 2.14. The molecule has 0 atom stereocenters. The molecule has 11 heavy (non-hydrogen) atoms. The van der Waals surface area contributed by atoms with Crippen molar-refractivity contribution in [3.8, 4) is 0 Å². The highest BCUT2D eigenvalue weighted by molar-refractivity contribution is 5.47. The second-order valence-corrected chi connectivity index (χ2v) is 2.88. The molecule has 3 heteroatoms. The standard InChI is InChI=1S/C8H12FNO/c1-2-8(9)3-5-10(7-11)6-4-8/h2,7H,1,3-6H2. The van der Waals surface area contributed by atoms with E-state index in [9.17, 15) is 9.18 Å². The minimum atomic E-state index is -1.24. The van der Waals surface area contributed by atoms with Gasteiger partial charge in [0.15, 0.2) is 0 Å². The van der Waals surface area contributed by atoms with Crippen molar-refractivity contribution in [3.63, 3.8) is 0 Å². The van der Waals surface area contributed by atoms with Gasteiger partial charge in [0.1, 0.15) is 5.67 Å². The molecule has 0 aromatic rings. The first-order valence-electron chi connectivity index (χ1n) is 3.72. The molecule has 0 saturated carbocycles. The number of likely N-dealkylation sites (tertiary alicyclic amines) is 1. The lowest BCUT2D eigenvalue weighted by atomic mass is 9.94. The van der Waals surface area contributed by atoms with Gasteiger partial charge in [0.05, 0.1) is 0 Å². The Morgan fingerprint density at radius 1 is 1.45 bits per heavy atom. The smallest absolute Gasteiger partial charge is 0.209 e. The van der Waals surface area contributed by atoms with Gasteiger partial charge in [-0.15, -0.1) is 0 Å². The van der Waals surface area contributed by atoms with Crippen LogP contribution in [0.1, 0.15) is 12.8 Å². The van der Waals surface area contributed by atoms with Crippen molar-refractivity contribution >= 4 is 6.41 Å². The Balaban J connectivity index is 2.46. The van der Waals surface area contributed by atoms with Gasteiger partial charge in [-0.1, -0.05) is 12.7 Å². The summed E-state index contributed by atoms with van der Waals surface area (Å²) in [5.74, 6) is 0. The largest absolute Gasteiger partial charge is 0.345 e. The van der Waals surface area contributed by atoms with Crippen molar-refractivity contribution in [3.05, 3.63) is 12.7 Å². The van der Waals surface area contributed by atoms with Crippen LogP contribution in [0.4, 0.5) is 4.39 Å². The second kappa shape index (κ2) is 3.03. The van der Waals surface area contributed by atoms with E-state index < -0.39 is 5.67 Å². The molecule has 1 heterocycles. The van der Waals surface area contributed by atoms with Gasteiger partial charge in [-0.25, -0.2) is 4.39 Å². The number of hydrogen-bond donors (Lipinski definition) is 0. The van der Waals surface area contributed by atoms with Crippen molar-refractivity contribution < 1.29 is 9.18 Å². The number of allylic oxidation sites excluding steroid dienone is 1. The van der Waals surface area contributed by atoms with Crippen molar-refractivity contribution in [2.24, 2.45) is 0 Å². The van der Waals surface area contributed by atoms with Crippen molar-refractivity contribution in [1.29, 1.82) is 0 Å². The number of piperidine rings is 1. The highest BCUT2D eigenvalue weighted by Crippen LogP contribution is 2.26. The number of nitrogens with zero attached hydrogens (tertiary/aromatic N) is 1. The number of amides is 1. The molecule has 1 rings (SSSR count). The Bertz CT molecular complexity index is 161. The third kappa shape index (κ3) is 1.79. The Labute approximate surface area is 65.7 Å². The summed E-state index contributed by atoms with van der Waals surface area (Å²) < 4.78 is 13.4. The summed E-state index contributed by atoms with van der Waals surface area (Å²) in [5.41, 5.74) is -1.24. The van der Waals surface area contributed by atoms with Crippen LogP contribution in [-0.4, -0.2) is 30.1 Å². The number of hydrogen-bond acceptors (Lipinski definition) is 1. The molecule has 0 aromatic carbocycles. The van der Waals surface area contributed by atoms with Gasteiger partial charge in [0, 0.05) is 25.9 Å². The first-order valence-corrected chi connectivity index (χ1v) is 3.72. The summed E-state index contributed by atoms with van der Waals surface area (Å²) >= 11 is 0. The maximum atomic E-state index is 13.4. The van der Waals surface area contributed by atoms with Crippen molar-refractivity contribution in [2.45, 2.75) is 18.5 Å². The Morgan fingerprint density at radius 3 is 2.36 bits per heavy atom. The van der Waals surface area contributed by atoms with E-state index in [2.05, 4.69) is 6.58 Å². The second-order valence-electron chi connectivity index (χ2n) is 2.88. The van der Waals surface area contributed by atoms with Crippen molar-refractivity contribution in [2.75, 3.05) is 13.1 Å². The van der Waals surface area contributed by atoms with Gasteiger partial charge in [0.2, 0.25) is 6.41 Å². The summed E-state index contributed by atoms with van der Waals surface area (Å²) in [4.78, 5) is 11.8. The summed E-state index contributed by atoms with van der Waals surface area (Å²) in [6.45, 7) is 4.44. The summed E-state index contributed by atoms with van der Waals surface area (Å²) in [6.07, 6.45) is 2.88.